The first-order valence-corrected chi connectivity index (χ1v) is 17.6. The van der Waals surface area contributed by atoms with Gasteiger partial charge in [-0.05, 0) is 83.1 Å². The van der Waals surface area contributed by atoms with Crippen LogP contribution in [0, 0.1) is 5.41 Å². The Kier molecular flexibility index (Phi) is 9.90. The molecule has 2 aromatic rings. The highest BCUT2D eigenvalue weighted by atomic mass is 32.3. The topological polar surface area (TPSA) is 282 Å². The maximum atomic E-state index is 13.5. The summed E-state index contributed by atoms with van der Waals surface area (Å²) in [4.78, 5) is 48.3. The highest BCUT2D eigenvalue weighted by Crippen LogP contribution is 2.35. The lowest BCUT2D eigenvalue weighted by Crippen LogP contribution is -2.76. The summed E-state index contributed by atoms with van der Waals surface area (Å²) in [5.74, 6) is -2.80. The van der Waals surface area contributed by atoms with Crippen molar-refractivity contribution in [2.24, 2.45) is 10.9 Å². The van der Waals surface area contributed by atoms with Crippen LogP contribution in [0.1, 0.15) is 69.7 Å². The Labute approximate surface area is 285 Å². The van der Waals surface area contributed by atoms with Crippen molar-refractivity contribution in [1.82, 2.24) is 20.7 Å². The smallest absolute Gasteiger partial charge is 0.418 e. The van der Waals surface area contributed by atoms with Gasteiger partial charge in [0.15, 0.2) is 16.9 Å². The van der Waals surface area contributed by atoms with Gasteiger partial charge in [0.05, 0.1) is 5.54 Å². The lowest BCUT2D eigenvalue weighted by molar-refractivity contribution is -0.218. The van der Waals surface area contributed by atoms with Gasteiger partial charge in [-0.3, -0.25) is 19.6 Å². The maximum absolute atomic E-state index is 13.5. The number of carboxylic acid groups (broad SMARTS) is 1. The molecule has 18 nitrogen and oxygen atoms in total. The van der Waals surface area contributed by atoms with E-state index in [0.29, 0.717) is 22.8 Å². The Morgan fingerprint density at radius 2 is 2.00 bits per heavy atom. The molecule has 20 heteroatoms. The van der Waals surface area contributed by atoms with E-state index in [4.69, 9.17) is 31.0 Å². The number of rotatable bonds is 11. The van der Waals surface area contributed by atoms with Gasteiger partial charge in [-0.1, -0.05) is 5.16 Å². The second-order valence-electron chi connectivity index (χ2n) is 12.8. The van der Waals surface area contributed by atoms with Gasteiger partial charge in [0.2, 0.25) is 0 Å². The quantitative estimate of drug-likeness (QED) is 0.0553. The number of β-lactam (4-membered cyclic amide) rings is 1. The van der Waals surface area contributed by atoms with Gasteiger partial charge in [0.1, 0.15) is 23.3 Å². The van der Waals surface area contributed by atoms with Crippen LogP contribution in [0.3, 0.4) is 0 Å². The number of hydrogen-bond acceptors (Lipinski definition) is 14. The van der Waals surface area contributed by atoms with E-state index in [1.165, 1.54) is 26.2 Å². The number of fused-ring (bicyclic) bond motifs is 1. The number of aryl methyl sites for hydroxylation is 1. The second kappa shape index (κ2) is 13.5. The van der Waals surface area contributed by atoms with E-state index in [0.717, 1.165) is 42.6 Å². The first-order chi connectivity index (χ1) is 22.9. The molecular weight excluding hydrogens is 684 g/mol. The Morgan fingerprint density at radius 1 is 1.27 bits per heavy atom. The molecule has 2 amide bonds. The number of ether oxygens (including phenoxy) is 1. The fourth-order valence-corrected chi connectivity index (χ4v) is 6.98. The minimum absolute atomic E-state index is 0.0569. The van der Waals surface area contributed by atoms with E-state index < -0.39 is 57.2 Å². The van der Waals surface area contributed by atoms with Crippen LogP contribution >= 0.6 is 11.3 Å². The molecule has 0 radical (unpaired) electrons. The van der Waals surface area contributed by atoms with Crippen LogP contribution < -0.4 is 26.8 Å². The number of aromatic nitrogens is 1. The highest BCUT2D eigenvalue weighted by Gasteiger charge is 2.58. The van der Waals surface area contributed by atoms with Crippen molar-refractivity contribution in [3.63, 3.8) is 0 Å². The number of amides is 2. The SMILES string of the molecule is CC(O/N=C(\C(=O)N[C@@H]1C(=O)N(OS(=O)(=O)O)C1(C)C)c1csc(N)n1)(C(=O)O)[C@H]1CCc2cc(C(=N)N[C@@H]3CCC[C@@H](N)C3)ccc2O1. The van der Waals surface area contributed by atoms with Gasteiger partial charge in [0, 0.05) is 23.0 Å². The number of nitrogens with two attached hydrogens (primary N) is 2. The van der Waals surface area contributed by atoms with Gasteiger partial charge >= 0.3 is 16.4 Å². The molecule has 0 spiro atoms. The molecule has 2 fully saturated rings. The summed E-state index contributed by atoms with van der Waals surface area (Å²) in [7, 11) is -5.03. The lowest BCUT2D eigenvalue weighted by Gasteiger charge is -2.50. The third-order valence-electron chi connectivity index (χ3n) is 8.82. The van der Waals surface area contributed by atoms with Crippen LogP contribution in [-0.4, -0.2) is 92.8 Å². The molecule has 1 saturated carbocycles. The van der Waals surface area contributed by atoms with E-state index in [-0.39, 0.29) is 35.2 Å². The maximum Gasteiger partial charge on any atom is 0.418 e. The number of nitrogens with zero attached hydrogens (tertiary/aromatic N) is 3. The third kappa shape index (κ3) is 7.62. The average molecular weight is 723 g/mol. The van der Waals surface area contributed by atoms with Crippen molar-refractivity contribution in [3.05, 3.63) is 40.4 Å². The van der Waals surface area contributed by atoms with Gasteiger partial charge in [-0.15, -0.1) is 15.6 Å². The number of oxime groups is 1. The number of hydroxylamine groups is 2. The van der Waals surface area contributed by atoms with Crippen molar-refractivity contribution in [3.8, 4) is 5.75 Å². The minimum atomic E-state index is -5.03. The van der Waals surface area contributed by atoms with Crippen LogP contribution in [0.2, 0.25) is 0 Å². The molecule has 3 heterocycles. The van der Waals surface area contributed by atoms with Crippen molar-refractivity contribution < 1.29 is 46.3 Å². The molecule has 1 saturated heterocycles. The fraction of sp³-hybridized carbons (Fsp3) is 0.517. The molecule has 1 aliphatic carbocycles. The predicted octanol–water partition coefficient (Wildman–Crippen LogP) is 0.708. The first kappa shape index (κ1) is 35.9. The van der Waals surface area contributed by atoms with Crippen LogP contribution in [-0.2, 0) is 40.3 Å². The number of carboxylic acids is 1. The molecule has 9 N–H and O–H groups in total. The van der Waals surface area contributed by atoms with Crippen LogP contribution in [0.5, 0.6) is 5.75 Å². The molecule has 2 aliphatic heterocycles. The van der Waals surface area contributed by atoms with Gasteiger partial charge in [-0.2, -0.15) is 13.5 Å². The number of anilines is 1. The molecule has 5 rings (SSSR count). The first-order valence-electron chi connectivity index (χ1n) is 15.3. The Balaban J connectivity index is 1.32. The third-order valence-corrected chi connectivity index (χ3v) is 9.84. The molecule has 1 aromatic carbocycles. The fourth-order valence-electron chi connectivity index (χ4n) is 5.97. The summed E-state index contributed by atoms with van der Waals surface area (Å²) in [6, 6.07) is 4.07. The monoisotopic (exact) mass is 722 g/mol. The molecule has 49 heavy (non-hydrogen) atoms. The van der Waals surface area contributed by atoms with E-state index in [9.17, 15) is 27.9 Å². The number of nitrogen functional groups attached to an aromatic ring is 1. The van der Waals surface area contributed by atoms with Crippen molar-refractivity contribution >= 4 is 56.2 Å². The summed E-state index contributed by atoms with van der Waals surface area (Å²) < 4.78 is 41.7. The van der Waals surface area contributed by atoms with Crippen molar-refractivity contribution in [2.45, 2.75) is 94.7 Å². The molecular formula is C29H38N8O10S2. The van der Waals surface area contributed by atoms with Gasteiger partial charge in [-0.25, -0.2) is 9.78 Å². The zero-order valence-electron chi connectivity index (χ0n) is 26.8. The number of nitrogens with one attached hydrogen (secondary N) is 3. The summed E-state index contributed by atoms with van der Waals surface area (Å²) >= 11 is 0.963. The van der Waals surface area contributed by atoms with Gasteiger partial charge < -0.3 is 36.8 Å². The molecule has 3 aliphatic rings. The second-order valence-corrected chi connectivity index (χ2v) is 14.7. The Hall–Kier alpha value is -4.37. The normalized spacial score (nSPS) is 24.8. The number of amidine groups is 1. The minimum Gasteiger partial charge on any atom is -0.485 e. The largest absolute Gasteiger partial charge is 0.485 e. The van der Waals surface area contributed by atoms with Crippen LogP contribution in [0.15, 0.2) is 28.7 Å². The van der Waals surface area contributed by atoms with Gasteiger partial charge in [0.25, 0.3) is 17.4 Å². The molecule has 1 unspecified atom stereocenters. The average Bonchev–Trinajstić information content (AvgIpc) is 3.46. The molecule has 1 aromatic heterocycles. The Bertz CT molecular complexity index is 1800. The summed E-state index contributed by atoms with van der Waals surface area (Å²) in [5.41, 5.74) is 9.10. The number of benzene rings is 1. The number of aliphatic carboxylic acids is 1. The van der Waals surface area contributed by atoms with Crippen molar-refractivity contribution in [1.29, 1.82) is 5.41 Å². The zero-order valence-corrected chi connectivity index (χ0v) is 28.5. The zero-order chi connectivity index (χ0) is 35.9. The van der Waals surface area contributed by atoms with E-state index in [2.05, 4.69) is 25.1 Å². The molecule has 5 atom stereocenters. The van der Waals surface area contributed by atoms with E-state index >= 15 is 0 Å². The van der Waals surface area contributed by atoms with Crippen LogP contribution in [0.25, 0.3) is 0 Å². The number of carbonyl (C=O) groups is 3. The molecule has 266 valence electrons. The molecule has 0 bridgehead atoms. The number of hydrogen-bond donors (Lipinski definition) is 7. The van der Waals surface area contributed by atoms with E-state index in [1.54, 1.807) is 12.1 Å². The van der Waals surface area contributed by atoms with Crippen LogP contribution in [0.4, 0.5) is 5.13 Å². The predicted molar refractivity (Wildman–Crippen MR) is 175 cm³/mol. The standard InChI is InChI=1S/C29H38N8O10S2/c1-28(2)22(25(39)37(28)47-49(42,43)44)35-24(38)21(18-13-48-27(32)34-18)36-46-29(3,26(40)41)20-10-8-14-11-15(7-9-19(14)45-20)23(31)33-17-6-4-5-16(30)12-17/h7,9,11,13,16-17,20,22H,4-6,8,10,12,30H2,1-3H3,(H2,31,33)(H2,32,34)(H,35,38)(H,40,41)(H,42,43,44)/b36-21-/t16-,17-,20-,22-,29?/m1/s1. The number of thiazole rings is 1. The highest BCUT2D eigenvalue weighted by molar-refractivity contribution is 7.80. The lowest BCUT2D eigenvalue weighted by atomic mass is 9.84. The summed E-state index contributed by atoms with van der Waals surface area (Å²) in [6.07, 6.45) is 3.19. The van der Waals surface area contributed by atoms with E-state index in [1.807, 2.05) is 6.07 Å². The van der Waals surface area contributed by atoms with Crippen molar-refractivity contribution in [2.75, 3.05) is 5.73 Å². The number of carbonyl (C=O) groups excluding carboxylic acids is 2. The summed E-state index contributed by atoms with van der Waals surface area (Å²) in [5, 5.41) is 30.2. The summed E-state index contributed by atoms with van der Waals surface area (Å²) in [6.45, 7) is 3.98. The Morgan fingerprint density at radius 3 is 2.61 bits per heavy atom.